The van der Waals surface area contributed by atoms with Crippen molar-refractivity contribution in [1.29, 1.82) is 0 Å². The molecule has 1 aromatic carbocycles. The number of nitrogens with one attached hydrogen (secondary N) is 1. The predicted octanol–water partition coefficient (Wildman–Crippen LogP) is 4.89. The van der Waals surface area contributed by atoms with Gasteiger partial charge in [-0.25, -0.2) is 15.0 Å². The van der Waals surface area contributed by atoms with Gasteiger partial charge in [-0.2, -0.15) is 0 Å². The van der Waals surface area contributed by atoms with Crippen LogP contribution >= 0.6 is 11.3 Å². The first-order chi connectivity index (χ1) is 13.2. The van der Waals surface area contributed by atoms with Crippen molar-refractivity contribution >= 4 is 17.2 Å². The highest BCUT2D eigenvalue weighted by Crippen LogP contribution is 2.25. The van der Waals surface area contributed by atoms with Crippen molar-refractivity contribution in [3.63, 3.8) is 0 Å². The van der Waals surface area contributed by atoms with Gasteiger partial charge in [-0.3, -0.25) is 4.98 Å². The van der Waals surface area contributed by atoms with Crippen LogP contribution in [0.25, 0.3) is 22.0 Å². The van der Waals surface area contributed by atoms with Crippen LogP contribution in [0.15, 0.2) is 60.2 Å². The van der Waals surface area contributed by atoms with Crippen molar-refractivity contribution in [2.45, 2.75) is 20.4 Å². The molecule has 0 radical (unpaired) electrons. The highest BCUT2D eigenvalue weighted by Gasteiger charge is 2.11. The Morgan fingerprint density at radius 1 is 0.926 bits per heavy atom. The second kappa shape index (κ2) is 7.63. The van der Waals surface area contributed by atoms with E-state index in [1.807, 2.05) is 44.2 Å². The number of benzene rings is 1. The molecule has 0 aliphatic rings. The number of nitrogens with zero attached hydrogens (tertiary/aromatic N) is 4. The molecule has 1 N–H and O–H groups in total. The minimum atomic E-state index is 0.618. The monoisotopic (exact) mass is 373 g/mol. The summed E-state index contributed by atoms with van der Waals surface area (Å²) in [6.45, 7) is 4.65. The second-order valence-electron chi connectivity index (χ2n) is 6.21. The van der Waals surface area contributed by atoms with Crippen LogP contribution in [0.2, 0.25) is 0 Å². The van der Waals surface area contributed by atoms with Crippen LogP contribution in [0.5, 0.6) is 0 Å². The van der Waals surface area contributed by atoms with E-state index in [1.54, 1.807) is 23.7 Å². The van der Waals surface area contributed by atoms with Gasteiger partial charge in [-0.1, -0.05) is 30.3 Å². The summed E-state index contributed by atoms with van der Waals surface area (Å²) in [5.41, 5.74) is 5.04. The molecule has 3 aromatic heterocycles. The van der Waals surface area contributed by atoms with Crippen LogP contribution in [0.4, 0.5) is 5.82 Å². The Hall–Kier alpha value is -3.12. The SMILES string of the molecule is Cc1nc(-c2cccnc2)nc(NCc2csc(-c3ccccc3)n2)c1C. The molecule has 0 aliphatic carbocycles. The molecule has 5 nitrogen and oxygen atoms in total. The number of pyridine rings is 1. The molecule has 0 unspecified atom stereocenters. The fourth-order valence-electron chi connectivity index (χ4n) is 2.70. The largest absolute Gasteiger partial charge is 0.364 e. The lowest BCUT2D eigenvalue weighted by atomic mass is 10.2. The van der Waals surface area contributed by atoms with Gasteiger partial charge in [-0.05, 0) is 26.0 Å². The van der Waals surface area contributed by atoms with Crippen LogP contribution in [0.1, 0.15) is 17.0 Å². The molecule has 0 atom stereocenters. The fourth-order valence-corrected chi connectivity index (χ4v) is 3.53. The summed E-state index contributed by atoms with van der Waals surface area (Å²) < 4.78 is 0. The maximum atomic E-state index is 4.73. The molecular weight excluding hydrogens is 354 g/mol. The number of anilines is 1. The van der Waals surface area contributed by atoms with Crippen molar-refractivity contribution in [3.8, 4) is 22.0 Å². The van der Waals surface area contributed by atoms with Crippen molar-refractivity contribution in [1.82, 2.24) is 19.9 Å². The van der Waals surface area contributed by atoms with E-state index in [4.69, 9.17) is 9.97 Å². The van der Waals surface area contributed by atoms with E-state index in [-0.39, 0.29) is 0 Å². The third-order valence-corrected chi connectivity index (χ3v) is 5.26. The topological polar surface area (TPSA) is 63.6 Å². The van der Waals surface area contributed by atoms with E-state index >= 15 is 0 Å². The van der Waals surface area contributed by atoms with Crippen molar-refractivity contribution in [2.24, 2.45) is 0 Å². The van der Waals surface area contributed by atoms with Gasteiger partial charge in [0.15, 0.2) is 5.82 Å². The molecule has 134 valence electrons. The quantitative estimate of drug-likeness (QED) is 0.539. The van der Waals surface area contributed by atoms with Gasteiger partial charge in [0.2, 0.25) is 0 Å². The Morgan fingerprint density at radius 2 is 1.74 bits per heavy atom. The van der Waals surface area contributed by atoms with Gasteiger partial charge in [0.25, 0.3) is 0 Å². The van der Waals surface area contributed by atoms with Crippen LogP contribution in [0.3, 0.4) is 0 Å². The molecule has 0 amide bonds. The molecule has 0 saturated carbocycles. The Labute approximate surface area is 162 Å². The summed E-state index contributed by atoms with van der Waals surface area (Å²) >= 11 is 1.65. The summed E-state index contributed by atoms with van der Waals surface area (Å²) in [5.74, 6) is 1.51. The molecule has 3 heterocycles. The number of aryl methyl sites for hydroxylation is 1. The molecular formula is C21H19N5S. The first-order valence-corrected chi connectivity index (χ1v) is 9.58. The minimum absolute atomic E-state index is 0.618. The molecule has 0 spiro atoms. The Kier molecular flexibility index (Phi) is 4.89. The fraction of sp³-hybridized carbons (Fsp3) is 0.143. The average molecular weight is 373 g/mol. The van der Waals surface area contributed by atoms with E-state index in [1.165, 1.54) is 0 Å². The van der Waals surface area contributed by atoms with Gasteiger partial charge in [-0.15, -0.1) is 11.3 Å². The lowest BCUT2D eigenvalue weighted by Crippen LogP contribution is -2.07. The zero-order valence-electron chi connectivity index (χ0n) is 15.2. The molecule has 4 aromatic rings. The predicted molar refractivity (Wildman–Crippen MR) is 110 cm³/mol. The maximum Gasteiger partial charge on any atom is 0.163 e. The molecule has 0 saturated heterocycles. The molecule has 27 heavy (non-hydrogen) atoms. The Balaban J connectivity index is 1.55. The zero-order valence-corrected chi connectivity index (χ0v) is 16.0. The van der Waals surface area contributed by atoms with Crippen molar-refractivity contribution < 1.29 is 0 Å². The van der Waals surface area contributed by atoms with Crippen molar-refractivity contribution in [3.05, 3.63) is 77.2 Å². The first kappa shape index (κ1) is 17.3. The van der Waals surface area contributed by atoms with Gasteiger partial charge >= 0.3 is 0 Å². The van der Waals surface area contributed by atoms with E-state index < -0.39 is 0 Å². The van der Waals surface area contributed by atoms with Crippen molar-refractivity contribution in [2.75, 3.05) is 5.32 Å². The molecule has 6 heteroatoms. The van der Waals surface area contributed by atoms with E-state index in [0.29, 0.717) is 12.4 Å². The van der Waals surface area contributed by atoms with Gasteiger partial charge < -0.3 is 5.32 Å². The molecule has 4 rings (SSSR count). The second-order valence-corrected chi connectivity index (χ2v) is 7.07. The lowest BCUT2D eigenvalue weighted by Gasteiger charge is -2.11. The van der Waals surface area contributed by atoms with Crippen LogP contribution < -0.4 is 5.32 Å². The normalized spacial score (nSPS) is 10.7. The number of hydrogen-bond donors (Lipinski definition) is 1. The smallest absolute Gasteiger partial charge is 0.163 e. The molecule has 0 fully saturated rings. The van der Waals surface area contributed by atoms with Crippen LogP contribution in [0, 0.1) is 13.8 Å². The summed E-state index contributed by atoms with van der Waals surface area (Å²) in [5, 5.41) is 6.53. The standard InChI is InChI=1S/C21H19N5S/c1-14-15(2)24-20(17-9-6-10-22-11-17)26-19(14)23-12-18-13-27-21(25-18)16-7-4-3-5-8-16/h3-11,13H,12H2,1-2H3,(H,23,24,26). The number of hydrogen-bond acceptors (Lipinski definition) is 6. The van der Waals surface area contributed by atoms with Crippen LogP contribution in [-0.2, 0) is 6.54 Å². The summed E-state index contributed by atoms with van der Waals surface area (Å²) in [7, 11) is 0. The van der Waals surface area contributed by atoms with Gasteiger partial charge in [0.05, 0.1) is 12.2 Å². The zero-order chi connectivity index (χ0) is 18.6. The van der Waals surface area contributed by atoms with E-state index in [9.17, 15) is 0 Å². The van der Waals surface area contributed by atoms with E-state index in [2.05, 4.69) is 32.8 Å². The number of aromatic nitrogens is 4. The van der Waals surface area contributed by atoms with Gasteiger partial charge in [0.1, 0.15) is 10.8 Å². The Morgan fingerprint density at radius 3 is 2.52 bits per heavy atom. The average Bonchev–Trinajstić information content (AvgIpc) is 3.19. The third-order valence-electron chi connectivity index (χ3n) is 4.32. The Bertz CT molecular complexity index is 1040. The summed E-state index contributed by atoms with van der Waals surface area (Å²) in [6.07, 6.45) is 3.52. The third kappa shape index (κ3) is 3.85. The first-order valence-electron chi connectivity index (χ1n) is 8.70. The maximum absolute atomic E-state index is 4.73. The molecule has 0 aliphatic heterocycles. The van der Waals surface area contributed by atoms with Gasteiger partial charge in [0, 0.05) is 40.2 Å². The highest BCUT2D eigenvalue weighted by molar-refractivity contribution is 7.13. The highest BCUT2D eigenvalue weighted by atomic mass is 32.1. The lowest BCUT2D eigenvalue weighted by molar-refractivity contribution is 1.01. The van der Waals surface area contributed by atoms with E-state index in [0.717, 1.165) is 38.9 Å². The number of thiazole rings is 1. The summed E-state index contributed by atoms with van der Waals surface area (Å²) in [4.78, 5) is 18.2. The minimum Gasteiger partial charge on any atom is -0.364 e. The molecule has 0 bridgehead atoms. The number of rotatable bonds is 5. The summed E-state index contributed by atoms with van der Waals surface area (Å²) in [6, 6.07) is 14.1. The van der Waals surface area contributed by atoms with Crippen LogP contribution in [-0.4, -0.2) is 19.9 Å².